The number of imidazole rings is 1. The fourth-order valence-corrected chi connectivity index (χ4v) is 2.83. The molecule has 1 fully saturated rings. The fourth-order valence-electron chi connectivity index (χ4n) is 2.46. The number of hydrogen-bond donors (Lipinski definition) is 0. The van der Waals surface area contributed by atoms with Crippen molar-refractivity contribution in [2.24, 2.45) is 7.05 Å². The van der Waals surface area contributed by atoms with Gasteiger partial charge in [-0.15, -0.1) is 0 Å². The van der Waals surface area contributed by atoms with E-state index in [9.17, 15) is 0 Å². The van der Waals surface area contributed by atoms with Gasteiger partial charge in [0.2, 0.25) is 0 Å². The molecule has 0 N–H and O–H groups in total. The molecule has 1 aliphatic rings. The molecule has 3 nitrogen and oxygen atoms in total. The van der Waals surface area contributed by atoms with Gasteiger partial charge in [-0.05, 0) is 22.4 Å². The Morgan fingerprint density at radius 2 is 2.11 bits per heavy atom. The Balaban J connectivity index is 2.12. The van der Waals surface area contributed by atoms with Gasteiger partial charge in [-0.2, -0.15) is 0 Å². The van der Waals surface area contributed by atoms with Crippen LogP contribution < -0.4 is 0 Å². The van der Waals surface area contributed by atoms with Crippen LogP contribution in [0.25, 0.3) is 11.3 Å². The second kappa shape index (κ2) is 4.86. The molecule has 0 radical (unpaired) electrons. The lowest BCUT2D eigenvalue weighted by Crippen LogP contribution is -2.01. The van der Waals surface area contributed by atoms with Crippen LogP contribution in [0.5, 0.6) is 0 Å². The van der Waals surface area contributed by atoms with Crippen molar-refractivity contribution in [3.05, 3.63) is 40.8 Å². The highest BCUT2D eigenvalue weighted by Crippen LogP contribution is 2.34. The van der Waals surface area contributed by atoms with Gasteiger partial charge in [-0.25, -0.2) is 4.98 Å². The third-order valence-electron chi connectivity index (χ3n) is 3.43. The number of hydrogen-bond acceptors (Lipinski definition) is 2. The molecule has 1 unspecified atom stereocenters. The largest absolute Gasteiger partial charge is 0.381 e. The minimum atomic E-state index is 0.415. The molecule has 94 valence electrons. The highest BCUT2D eigenvalue weighted by molar-refractivity contribution is 9.10. The number of aromatic nitrogens is 2. The maximum absolute atomic E-state index is 5.49. The second-order valence-corrected chi connectivity index (χ2v) is 5.31. The number of nitrogens with zero attached hydrogens (tertiary/aromatic N) is 2. The molecule has 1 saturated heterocycles. The van der Waals surface area contributed by atoms with Gasteiger partial charge in [0.25, 0.3) is 0 Å². The predicted molar refractivity (Wildman–Crippen MR) is 74.5 cm³/mol. The summed E-state index contributed by atoms with van der Waals surface area (Å²) in [6, 6.07) is 10.4. The molecule has 3 rings (SSSR count). The van der Waals surface area contributed by atoms with Crippen molar-refractivity contribution in [3.63, 3.8) is 0 Å². The van der Waals surface area contributed by atoms with E-state index in [0.29, 0.717) is 5.92 Å². The van der Waals surface area contributed by atoms with Crippen LogP contribution in [0.1, 0.15) is 18.0 Å². The molecule has 1 aromatic carbocycles. The van der Waals surface area contributed by atoms with Crippen molar-refractivity contribution in [2.75, 3.05) is 13.2 Å². The maximum atomic E-state index is 5.49. The summed E-state index contributed by atoms with van der Waals surface area (Å²) >= 11 is 3.52. The third-order valence-corrected chi connectivity index (χ3v) is 4.14. The molecular weight excluding hydrogens is 292 g/mol. The Bertz CT molecular complexity index is 544. The Kier molecular flexibility index (Phi) is 3.22. The molecule has 1 aliphatic heterocycles. The van der Waals surface area contributed by atoms with Crippen LogP contribution in [-0.2, 0) is 11.8 Å². The third kappa shape index (κ3) is 1.99. The lowest BCUT2D eigenvalue weighted by Gasteiger charge is -2.10. The maximum Gasteiger partial charge on any atom is 0.177 e. The van der Waals surface area contributed by atoms with Crippen LogP contribution in [0.4, 0.5) is 0 Å². The summed E-state index contributed by atoms with van der Waals surface area (Å²) in [7, 11) is 2.04. The molecule has 0 bridgehead atoms. The van der Waals surface area contributed by atoms with Gasteiger partial charge in [0.05, 0.1) is 18.0 Å². The lowest BCUT2D eigenvalue weighted by atomic mass is 9.99. The van der Waals surface area contributed by atoms with Crippen LogP contribution in [-0.4, -0.2) is 22.8 Å². The first-order chi connectivity index (χ1) is 8.77. The zero-order chi connectivity index (χ0) is 12.5. The first kappa shape index (κ1) is 11.9. The molecule has 1 aromatic heterocycles. The Morgan fingerprint density at radius 1 is 1.33 bits per heavy atom. The van der Waals surface area contributed by atoms with E-state index in [1.807, 2.05) is 13.1 Å². The zero-order valence-corrected chi connectivity index (χ0v) is 11.9. The topological polar surface area (TPSA) is 27.1 Å². The fraction of sp³-hybridized carbons (Fsp3) is 0.357. The summed E-state index contributed by atoms with van der Waals surface area (Å²) in [5.74, 6) is 0.415. The molecule has 0 aliphatic carbocycles. The summed E-state index contributed by atoms with van der Waals surface area (Å²) in [6.45, 7) is 1.62. The van der Waals surface area contributed by atoms with E-state index in [1.165, 1.54) is 11.3 Å². The Labute approximate surface area is 115 Å². The predicted octanol–water partition coefficient (Wildman–Crippen LogP) is 3.35. The van der Waals surface area contributed by atoms with E-state index in [4.69, 9.17) is 4.74 Å². The number of benzene rings is 1. The van der Waals surface area contributed by atoms with Crippen molar-refractivity contribution in [1.82, 2.24) is 9.55 Å². The van der Waals surface area contributed by atoms with Crippen molar-refractivity contribution in [1.29, 1.82) is 0 Å². The summed E-state index contributed by atoms with van der Waals surface area (Å²) in [5.41, 5.74) is 3.55. The molecule has 0 saturated carbocycles. The zero-order valence-electron chi connectivity index (χ0n) is 10.3. The number of ether oxygens (including phenoxy) is 1. The van der Waals surface area contributed by atoms with Gasteiger partial charge >= 0.3 is 0 Å². The lowest BCUT2D eigenvalue weighted by molar-refractivity contribution is 0.193. The van der Waals surface area contributed by atoms with Crippen molar-refractivity contribution >= 4 is 15.9 Å². The van der Waals surface area contributed by atoms with Gasteiger partial charge in [-0.1, -0.05) is 30.3 Å². The van der Waals surface area contributed by atoms with E-state index in [-0.39, 0.29) is 0 Å². The quantitative estimate of drug-likeness (QED) is 0.851. The molecule has 2 heterocycles. The number of rotatable bonds is 2. The van der Waals surface area contributed by atoms with E-state index < -0.39 is 0 Å². The molecule has 2 aromatic rings. The molecule has 4 heteroatoms. The van der Waals surface area contributed by atoms with Gasteiger partial charge in [0.1, 0.15) is 0 Å². The Hall–Kier alpha value is -1.13. The highest BCUT2D eigenvalue weighted by atomic mass is 79.9. The van der Waals surface area contributed by atoms with Gasteiger partial charge < -0.3 is 9.30 Å². The summed E-state index contributed by atoms with van der Waals surface area (Å²) in [4.78, 5) is 4.67. The Morgan fingerprint density at radius 3 is 2.78 bits per heavy atom. The monoisotopic (exact) mass is 306 g/mol. The molecule has 1 atom stereocenters. The van der Waals surface area contributed by atoms with Gasteiger partial charge in [0.15, 0.2) is 4.73 Å². The van der Waals surface area contributed by atoms with Crippen molar-refractivity contribution in [3.8, 4) is 11.3 Å². The van der Waals surface area contributed by atoms with Gasteiger partial charge in [0, 0.05) is 25.1 Å². The average Bonchev–Trinajstić information content (AvgIpc) is 3.00. The molecule has 0 spiro atoms. The molecule has 18 heavy (non-hydrogen) atoms. The smallest absolute Gasteiger partial charge is 0.177 e. The van der Waals surface area contributed by atoms with E-state index in [2.05, 4.69) is 49.7 Å². The number of halogens is 1. The normalized spacial score (nSPS) is 19.3. The minimum Gasteiger partial charge on any atom is -0.381 e. The first-order valence-corrected chi connectivity index (χ1v) is 6.92. The van der Waals surface area contributed by atoms with E-state index in [0.717, 1.165) is 30.1 Å². The van der Waals surface area contributed by atoms with Crippen LogP contribution in [0, 0.1) is 0 Å². The summed E-state index contributed by atoms with van der Waals surface area (Å²) in [6.07, 6.45) is 1.06. The van der Waals surface area contributed by atoms with Crippen LogP contribution in [0.15, 0.2) is 35.1 Å². The van der Waals surface area contributed by atoms with Crippen molar-refractivity contribution in [2.45, 2.75) is 12.3 Å². The summed E-state index contributed by atoms with van der Waals surface area (Å²) in [5, 5.41) is 0. The SMILES string of the molecule is Cn1c(Br)nc(C2CCOC2)c1-c1ccccc1. The highest BCUT2D eigenvalue weighted by Gasteiger charge is 2.26. The van der Waals surface area contributed by atoms with E-state index >= 15 is 0 Å². The standard InChI is InChI=1S/C14H15BrN2O/c1-17-13(10-5-3-2-4-6-10)12(16-14(17)15)11-7-8-18-9-11/h2-6,11H,7-9H2,1H3. The van der Waals surface area contributed by atoms with Crippen LogP contribution >= 0.6 is 15.9 Å². The minimum absolute atomic E-state index is 0.415. The second-order valence-electron chi connectivity index (χ2n) is 4.60. The summed E-state index contributed by atoms with van der Waals surface area (Å²) < 4.78 is 8.47. The van der Waals surface area contributed by atoms with Gasteiger partial charge in [-0.3, -0.25) is 0 Å². The van der Waals surface area contributed by atoms with Crippen LogP contribution in [0.3, 0.4) is 0 Å². The van der Waals surface area contributed by atoms with E-state index in [1.54, 1.807) is 0 Å². The first-order valence-electron chi connectivity index (χ1n) is 6.12. The van der Waals surface area contributed by atoms with Crippen molar-refractivity contribution < 1.29 is 4.74 Å². The molecular formula is C14H15BrN2O. The van der Waals surface area contributed by atoms with Crippen LogP contribution in [0.2, 0.25) is 0 Å². The molecule has 0 amide bonds. The average molecular weight is 307 g/mol.